The zero-order chi connectivity index (χ0) is 8.20. The molecule has 0 rings (SSSR count). The Hall–Kier alpha value is 0.490. The molecule has 0 N–H and O–H groups in total. The second kappa shape index (κ2) is 4.38. The molecule has 0 aromatic carbocycles. The first-order chi connectivity index (χ1) is 4.50. The van der Waals surface area contributed by atoms with Gasteiger partial charge in [0.15, 0.2) is 0 Å². The van der Waals surface area contributed by atoms with Gasteiger partial charge in [-0.25, -0.2) is 8.42 Å². The predicted octanol–water partition coefficient (Wildman–Crippen LogP) is 1.73. The molecule has 0 aromatic heterocycles. The summed E-state index contributed by atoms with van der Waals surface area (Å²) in [6.07, 6.45) is 1.39. The van der Waals surface area contributed by atoms with E-state index in [1.54, 1.807) is 0 Å². The fourth-order valence-electron chi connectivity index (χ4n) is 0.396. The maximum Gasteiger partial charge on any atom is 0.241 e. The summed E-state index contributed by atoms with van der Waals surface area (Å²) in [5.74, 6) is 0.0104. The topological polar surface area (TPSA) is 37.4 Å². The number of sulfonamides is 1. The van der Waals surface area contributed by atoms with Crippen molar-refractivity contribution in [2.75, 3.05) is 5.75 Å². The molecule has 10 heavy (non-hydrogen) atoms. The fraction of sp³-hybridized carbons (Fsp3) is 1.00. The van der Waals surface area contributed by atoms with E-state index in [2.05, 4.69) is 0 Å². The minimum atomic E-state index is -3.40. The molecule has 0 aliphatic rings. The molecule has 0 amide bonds. The summed E-state index contributed by atoms with van der Waals surface area (Å²) in [6.45, 7) is 1.89. The predicted molar refractivity (Wildman–Crippen MR) is 42.2 cm³/mol. The van der Waals surface area contributed by atoms with Gasteiger partial charge in [0.1, 0.15) is 0 Å². The van der Waals surface area contributed by atoms with Crippen molar-refractivity contribution in [3.05, 3.63) is 0 Å². The maximum absolute atomic E-state index is 10.8. The molecule has 0 heterocycles. The third-order valence-electron chi connectivity index (χ3n) is 0.966. The van der Waals surface area contributed by atoms with Gasteiger partial charge < -0.3 is 0 Å². The highest BCUT2D eigenvalue weighted by atomic mass is 35.5. The van der Waals surface area contributed by atoms with Crippen LogP contribution in [0.2, 0.25) is 0 Å². The van der Waals surface area contributed by atoms with E-state index in [4.69, 9.17) is 23.6 Å². The van der Waals surface area contributed by atoms with Crippen LogP contribution in [0.15, 0.2) is 0 Å². The highest BCUT2D eigenvalue weighted by Crippen LogP contribution is 2.10. The summed E-state index contributed by atoms with van der Waals surface area (Å²) in [7, 11) is -3.40. The van der Waals surface area contributed by atoms with Crippen LogP contribution in [0.1, 0.15) is 19.8 Å². The minimum absolute atomic E-state index is 0.0104. The Morgan fingerprint density at radius 3 is 2.20 bits per heavy atom. The molecule has 0 bridgehead atoms. The number of halogens is 2. The monoisotopic (exact) mass is 205 g/mol. The second-order valence-corrected chi connectivity index (χ2v) is 5.03. The van der Waals surface area contributed by atoms with Gasteiger partial charge in [-0.05, 0) is 9.76 Å². The molecule has 0 radical (unpaired) electrons. The van der Waals surface area contributed by atoms with Crippen molar-refractivity contribution in [1.29, 1.82) is 0 Å². The Morgan fingerprint density at radius 2 is 1.90 bits per heavy atom. The van der Waals surface area contributed by atoms with Crippen LogP contribution in [0.4, 0.5) is 0 Å². The lowest BCUT2D eigenvalue weighted by Crippen LogP contribution is -2.15. The lowest BCUT2D eigenvalue weighted by atomic mass is 10.4. The van der Waals surface area contributed by atoms with Gasteiger partial charge in [-0.2, -0.15) is 0 Å². The van der Waals surface area contributed by atoms with Crippen molar-refractivity contribution in [2.45, 2.75) is 19.8 Å². The quantitative estimate of drug-likeness (QED) is 0.657. The van der Waals surface area contributed by atoms with E-state index in [0.29, 0.717) is 6.42 Å². The highest BCUT2D eigenvalue weighted by molar-refractivity contribution is 7.90. The smallest absolute Gasteiger partial charge is 0.210 e. The largest absolute Gasteiger partial charge is 0.241 e. The zero-order valence-electron chi connectivity index (χ0n) is 5.55. The fourth-order valence-corrected chi connectivity index (χ4v) is 1.60. The maximum atomic E-state index is 10.8. The van der Waals surface area contributed by atoms with Gasteiger partial charge in [-0.1, -0.05) is 13.3 Å². The van der Waals surface area contributed by atoms with Crippen LogP contribution in [-0.2, 0) is 10.0 Å². The summed E-state index contributed by atoms with van der Waals surface area (Å²) < 4.78 is 21.7. The van der Waals surface area contributed by atoms with E-state index in [0.717, 1.165) is 6.42 Å². The molecule has 62 valence electrons. The van der Waals surface area contributed by atoms with E-state index in [-0.39, 0.29) is 9.10 Å². The van der Waals surface area contributed by atoms with Crippen molar-refractivity contribution in [2.24, 2.45) is 0 Å². The first kappa shape index (κ1) is 10.5. The van der Waals surface area contributed by atoms with Crippen LogP contribution in [0.25, 0.3) is 0 Å². The zero-order valence-corrected chi connectivity index (χ0v) is 7.88. The third kappa shape index (κ3) is 3.61. The molecule has 0 atom stereocenters. The molecule has 0 aliphatic heterocycles. The SMILES string of the molecule is CCCCS(=O)(=O)N(Cl)Cl. The molecular formula is C4H9Cl2NO2S. The Bertz CT molecular complexity index is 178. The third-order valence-corrected chi connectivity index (χ3v) is 3.45. The molecule has 0 saturated heterocycles. The minimum Gasteiger partial charge on any atom is -0.210 e. The van der Waals surface area contributed by atoms with Gasteiger partial charge in [0, 0.05) is 23.6 Å². The first-order valence-electron chi connectivity index (χ1n) is 2.85. The van der Waals surface area contributed by atoms with Gasteiger partial charge >= 0.3 is 0 Å². The molecule has 0 spiro atoms. The van der Waals surface area contributed by atoms with Gasteiger partial charge in [0.05, 0.1) is 5.75 Å². The van der Waals surface area contributed by atoms with E-state index >= 15 is 0 Å². The van der Waals surface area contributed by atoms with E-state index < -0.39 is 10.0 Å². The molecule has 0 aliphatic carbocycles. The van der Waals surface area contributed by atoms with E-state index in [1.165, 1.54) is 0 Å². The van der Waals surface area contributed by atoms with E-state index in [1.807, 2.05) is 6.92 Å². The number of rotatable bonds is 4. The molecule has 6 heteroatoms. The van der Waals surface area contributed by atoms with Crippen LogP contribution in [0.5, 0.6) is 0 Å². The molecule has 3 nitrogen and oxygen atoms in total. The molecule has 0 aromatic rings. The lowest BCUT2D eigenvalue weighted by Gasteiger charge is -2.03. The van der Waals surface area contributed by atoms with Crippen molar-refractivity contribution in [1.82, 2.24) is 3.34 Å². The van der Waals surface area contributed by atoms with Crippen LogP contribution in [0, 0.1) is 0 Å². The molecule has 0 fully saturated rings. The Labute approximate surface area is 71.2 Å². The molecule has 0 unspecified atom stereocenters. The number of nitrogens with zero attached hydrogens (tertiary/aromatic N) is 1. The lowest BCUT2D eigenvalue weighted by molar-refractivity contribution is 0.576. The first-order valence-corrected chi connectivity index (χ1v) is 5.14. The van der Waals surface area contributed by atoms with Crippen molar-refractivity contribution in [3.63, 3.8) is 0 Å². The van der Waals surface area contributed by atoms with Gasteiger partial charge in [0.2, 0.25) is 10.0 Å². The summed E-state index contributed by atoms with van der Waals surface area (Å²) in [4.78, 5) is 0. The standard InChI is InChI=1S/C4H9Cl2NO2S/c1-2-3-4-10(8,9)7(5)6/h2-4H2,1H3. The Balaban J connectivity index is 3.90. The van der Waals surface area contributed by atoms with Crippen LogP contribution >= 0.6 is 23.6 Å². The van der Waals surface area contributed by atoms with Crippen molar-refractivity contribution < 1.29 is 8.42 Å². The van der Waals surface area contributed by atoms with Gasteiger partial charge in [0.25, 0.3) is 0 Å². The van der Waals surface area contributed by atoms with Crippen LogP contribution in [-0.4, -0.2) is 17.5 Å². The molecular weight excluding hydrogens is 197 g/mol. The van der Waals surface area contributed by atoms with E-state index in [9.17, 15) is 8.42 Å². The Morgan fingerprint density at radius 1 is 1.40 bits per heavy atom. The summed E-state index contributed by atoms with van der Waals surface area (Å²) in [5, 5.41) is 0. The summed E-state index contributed by atoms with van der Waals surface area (Å²) >= 11 is 10.0. The summed E-state index contributed by atoms with van der Waals surface area (Å²) in [5.41, 5.74) is 0. The number of hydrogen-bond donors (Lipinski definition) is 0. The summed E-state index contributed by atoms with van der Waals surface area (Å²) in [6, 6.07) is 0. The van der Waals surface area contributed by atoms with Crippen molar-refractivity contribution in [3.8, 4) is 0 Å². The average molecular weight is 206 g/mol. The molecule has 0 saturated carbocycles. The van der Waals surface area contributed by atoms with Crippen LogP contribution in [0.3, 0.4) is 0 Å². The number of hydrogen-bond acceptors (Lipinski definition) is 2. The van der Waals surface area contributed by atoms with Gasteiger partial charge in [-0.3, -0.25) is 0 Å². The van der Waals surface area contributed by atoms with Crippen molar-refractivity contribution >= 4 is 33.6 Å². The Kier molecular flexibility index (Phi) is 4.60. The average Bonchev–Trinajstić information content (AvgIpc) is 1.84. The number of unbranched alkanes of at least 4 members (excludes halogenated alkanes) is 1. The second-order valence-electron chi connectivity index (χ2n) is 1.84. The normalized spacial score (nSPS) is 12.4. The highest BCUT2D eigenvalue weighted by Gasteiger charge is 2.16. The van der Waals surface area contributed by atoms with Gasteiger partial charge in [-0.15, -0.1) is 0 Å². The van der Waals surface area contributed by atoms with Crippen LogP contribution < -0.4 is 0 Å².